The number of benzene rings is 2. The largest absolute Gasteiger partial charge is 0.493 e. The second-order valence-electron chi connectivity index (χ2n) is 7.62. The molecular weight excluding hydrogens is 418 g/mol. The Hall–Kier alpha value is -3.20. The number of nitrogens with zero attached hydrogens (tertiary/aromatic N) is 1. The number of sulfonamides is 1. The summed E-state index contributed by atoms with van der Waals surface area (Å²) in [6.07, 6.45) is 4.56. The van der Waals surface area contributed by atoms with Crippen molar-refractivity contribution in [3.8, 4) is 11.5 Å². The number of ether oxygens (including phenoxy) is 2. The molecule has 0 aliphatic heterocycles. The van der Waals surface area contributed by atoms with E-state index in [0.29, 0.717) is 17.2 Å². The highest BCUT2D eigenvalue weighted by Crippen LogP contribution is 2.39. The minimum Gasteiger partial charge on any atom is -0.493 e. The molecule has 0 fully saturated rings. The SMILES string of the molecule is COc1cc2c(cc1OC)C(NC(=O)Cn1ccc3c(NS(C)(=O)=O)cccc31)CC2. The Morgan fingerprint density at radius 3 is 2.61 bits per heavy atom. The van der Waals surface area contributed by atoms with Gasteiger partial charge in [-0.1, -0.05) is 6.07 Å². The average molecular weight is 444 g/mol. The summed E-state index contributed by atoms with van der Waals surface area (Å²) in [4.78, 5) is 12.8. The van der Waals surface area contributed by atoms with E-state index in [4.69, 9.17) is 9.47 Å². The van der Waals surface area contributed by atoms with E-state index in [9.17, 15) is 13.2 Å². The minimum absolute atomic E-state index is 0.0911. The van der Waals surface area contributed by atoms with Gasteiger partial charge in [0, 0.05) is 11.6 Å². The van der Waals surface area contributed by atoms with E-state index < -0.39 is 10.0 Å². The Kier molecular flexibility index (Phi) is 5.53. The molecule has 2 aromatic carbocycles. The van der Waals surface area contributed by atoms with Gasteiger partial charge >= 0.3 is 0 Å². The molecule has 1 heterocycles. The molecule has 3 aromatic rings. The number of hydrogen-bond acceptors (Lipinski definition) is 5. The van der Waals surface area contributed by atoms with Crippen LogP contribution >= 0.6 is 0 Å². The number of carbonyl (C=O) groups is 1. The third-order valence-corrected chi connectivity index (χ3v) is 6.07. The van der Waals surface area contributed by atoms with Gasteiger partial charge in [-0.25, -0.2) is 8.42 Å². The van der Waals surface area contributed by atoms with Gasteiger partial charge in [0.05, 0.1) is 37.7 Å². The first kappa shape index (κ1) is 21.0. The molecule has 0 bridgehead atoms. The maximum Gasteiger partial charge on any atom is 0.240 e. The molecule has 4 rings (SSSR count). The molecule has 0 saturated heterocycles. The van der Waals surface area contributed by atoms with E-state index in [0.717, 1.165) is 41.1 Å². The summed E-state index contributed by atoms with van der Waals surface area (Å²) in [5, 5.41) is 3.85. The number of fused-ring (bicyclic) bond motifs is 2. The summed E-state index contributed by atoms with van der Waals surface area (Å²) in [5.74, 6) is 1.21. The second-order valence-corrected chi connectivity index (χ2v) is 9.37. The summed E-state index contributed by atoms with van der Waals surface area (Å²) in [7, 11) is -0.193. The van der Waals surface area contributed by atoms with Crippen molar-refractivity contribution in [2.75, 3.05) is 25.2 Å². The van der Waals surface area contributed by atoms with Crippen molar-refractivity contribution in [3.63, 3.8) is 0 Å². The van der Waals surface area contributed by atoms with E-state index in [1.807, 2.05) is 22.8 Å². The van der Waals surface area contributed by atoms with Crippen molar-refractivity contribution in [2.45, 2.75) is 25.4 Å². The Morgan fingerprint density at radius 1 is 1.16 bits per heavy atom. The number of rotatable bonds is 7. The number of hydrogen-bond donors (Lipinski definition) is 2. The fraction of sp³-hybridized carbons (Fsp3) is 0.318. The average Bonchev–Trinajstić information content (AvgIpc) is 3.30. The van der Waals surface area contributed by atoms with Gasteiger partial charge in [0.1, 0.15) is 6.54 Å². The van der Waals surface area contributed by atoms with Crippen LogP contribution in [0.1, 0.15) is 23.6 Å². The molecule has 9 heteroatoms. The number of aryl methyl sites for hydroxylation is 1. The molecule has 1 amide bonds. The van der Waals surface area contributed by atoms with Crippen molar-refractivity contribution < 1.29 is 22.7 Å². The van der Waals surface area contributed by atoms with Gasteiger partial charge < -0.3 is 19.4 Å². The summed E-state index contributed by atoms with van der Waals surface area (Å²) >= 11 is 0. The van der Waals surface area contributed by atoms with Crippen LogP contribution in [0.5, 0.6) is 11.5 Å². The molecule has 164 valence electrons. The number of aromatic nitrogens is 1. The number of nitrogens with one attached hydrogen (secondary N) is 2. The number of methoxy groups -OCH3 is 2. The molecule has 1 aliphatic rings. The molecular formula is C22H25N3O5S. The van der Waals surface area contributed by atoms with Gasteiger partial charge in [0.2, 0.25) is 15.9 Å². The number of amides is 1. The van der Waals surface area contributed by atoms with E-state index in [1.165, 1.54) is 0 Å². The smallest absolute Gasteiger partial charge is 0.240 e. The van der Waals surface area contributed by atoms with Crippen LogP contribution in [0.4, 0.5) is 5.69 Å². The maximum atomic E-state index is 12.8. The Labute approximate surface area is 181 Å². The summed E-state index contributed by atoms with van der Waals surface area (Å²) in [6.45, 7) is 0.130. The lowest BCUT2D eigenvalue weighted by Crippen LogP contribution is -2.30. The Bertz CT molecular complexity index is 1250. The zero-order valence-electron chi connectivity index (χ0n) is 17.6. The van der Waals surface area contributed by atoms with Crippen LogP contribution in [0.25, 0.3) is 10.9 Å². The van der Waals surface area contributed by atoms with Crippen LogP contribution in [0.3, 0.4) is 0 Å². The summed E-state index contributed by atoms with van der Waals surface area (Å²) < 4.78 is 38.3. The quantitative estimate of drug-likeness (QED) is 0.585. The van der Waals surface area contributed by atoms with Crippen molar-refractivity contribution in [1.29, 1.82) is 0 Å². The van der Waals surface area contributed by atoms with Crippen LogP contribution < -0.4 is 19.5 Å². The minimum atomic E-state index is -3.40. The molecule has 1 unspecified atom stereocenters. The lowest BCUT2D eigenvalue weighted by molar-refractivity contribution is -0.122. The van der Waals surface area contributed by atoms with Crippen LogP contribution in [0.15, 0.2) is 42.6 Å². The second kappa shape index (κ2) is 8.14. The van der Waals surface area contributed by atoms with Crippen LogP contribution in [0, 0.1) is 0 Å². The van der Waals surface area contributed by atoms with E-state index >= 15 is 0 Å². The van der Waals surface area contributed by atoms with Gasteiger partial charge in [-0.2, -0.15) is 0 Å². The molecule has 0 spiro atoms. The highest BCUT2D eigenvalue weighted by molar-refractivity contribution is 7.92. The fourth-order valence-electron chi connectivity index (χ4n) is 4.13. The van der Waals surface area contributed by atoms with Gasteiger partial charge in [-0.05, 0) is 54.3 Å². The third kappa shape index (κ3) is 4.32. The molecule has 8 nitrogen and oxygen atoms in total. The molecule has 1 aliphatic carbocycles. The van der Waals surface area contributed by atoms with E-state index in [1.54, 1.807) is 38.6 Å². The van der Waals surface area contributed by atoms with Crippen molar-refractivity contribution in [3.05, 3.63) is 53.7 Å². The van der Waals surface area contributed by atoms with Gasteiger partial charge in [0.25, 0.3) is 0 Å². The molecule has 1 aromatic heterocycles. The predicted octanol–water partition coefficient (Wildman–Crippen LogP) is 2.83. The summed E-state index contributed by atoms with van der Waals surface area (Å²) in [6, 6.07) is 10.9. The molecule has 1 atom stereocenters. The Balaban J connectivity index is 1.52. The first-order valence-electron chi connectivity index (χ1n) is 9.89. The van der Waals surface area contributed by atoms with Gasteiger partial charge in [-0.3, -0.25) is 9.52 Å². The lowest BCUT2D eigenvalue weighted by atomic mass is 10.1. The summed E-state index contributed by atoms with van der Waals surface area (Å²) in [5.41, 5.74) is 3.46. The normalized spacial score (nSPS) is 15.5. The van der Waals surface area contributed by atoms with Gasteiger partial charge in [0.15, 0.2) is 11.5 Å². The predicted molar refractivity (Wildman–Crippen MR) is 119 cm³/mol. The van der Waals surface area contributed by atoms with Crippen molar-refractivity contribution >= 4 is 32.5 Å². The monoisotopic (exact) mass is 443 g/mol. The third-order valence-electron chi connectivity index (χ3n) is 5.48. The van der Waals surface area contributed by atoms with Crippen LogP contribution in [-0.4, -0.2) is 39.4 Å². The zero-order chi connectivity index (χ0) is 22.2. The fourth-order valence-corrected chi connectivity index (χ4v) is 4.71. The van der Waals surface area contributed by atoms with E-state index in [-0.39, 0.29) is 18.5 Å². The Morgan fingerprint density at radius 2 is 1.90 bits per heavy atom. The topological polar surface area (TPSA) is 98.7 Å². The molecule has 0 radical (unpaired) electrons. The zero-order valence-corrected chi connectivity index (χ0v) is 18.5. The highest BCUT2D eigenvalue weighted by atomic mass is 32.2. The first-order chi connectivity index (χ1) is 14.8. The van der Waals surface area contributed by atoms with Crippen molar-refractivity contribution in [2.24, 2.45) is 0 Å². The molecule has 31 heavy (non-hydrogen) atoms. The maximum absolute atomic E-state index is 12.8. The van der Waals surface area contributed by atoms with Crippen LogP contribution in [0.2, 0.25) is 0 Å². The molecule has 0 saturated carbocycles. The molecule has 2 N–H and O–H groups in total. The lowest BCUT2D eigenvalue weighted by Gasteiger charge is -2.17. The van der Waals surface area contributed by atoms with Crippen LogP contribution in [-0.2, 0) is 27.8 Å². The first-order valence-corrected chi connectivity index (χ1v) is 11.8. The number of carbonyl (C=O) groups excluding carboxylic acids is 1. The number of anilines is 1. The highest BCUT2D eigenvalue weighted by Gasteiger charge is 2.26. The standard InChI is InChI=1S/C22H25N3O5S/c1-29-20-11-14-7-8-17(16(14)12-21(20)30-2)23-22(26)13-25-10-9-15-18(24-31(3,27)28)5-4-6-19(15)25/h4-6,9-12,17,24H,7-8,13H2,1-3H3,(H,23,26). The van der Waals surface area contributed by atoms with Gasteiger partial charge in [-0.15, -0.1) is 0 Å². The van der Waals surface area contributed by atoms with Crippen molar-refractivity contribution in [1.82, 2.24) is 9.88 Å². The van der Waals surface area contributed by atoms with E-state index in [2.05, 4.69) is 10.0 Å².